The average Bonchev–Trinajstić information content (AvgIpc) is 2.31. The van der Waals surface area contributed by atoms with Crippen molar-refractivity contribution in [3.8, 4) is 5.75 Å². The van der Waals surface area contributed by atoms with Gasteiger partial charge < -0.3 is 15.8 Å². The molecule has 4 nitrogen and oxygen atoms in total. The summed E-state index contributed by atoms with van der Waals surface area (Å²) in [5.74, 6) is 0.834. The van der Waals surface area contributed by atoms with Gasteiger partial charge in [0.15, 0.2) is 6.61 Å². The third-order valence-electron chi connectivity index (χ3n) is 2.74. The van der Waals surface area contributed by atoms with Crippen LogP contribution in [0.5, 0.6) is 5.75 Å². The minimum Gasteiger partial charge on any atom is -0.483 e. The molecule has 0 bridgehead atoms. The summed E-state index contributed by atoms with van der Waals surface area (Å²) in [6, 6.07) is 5.44. The first-order valence-corrected chi connectivity index (χ1v) is 6.67. The van der Waals surface area contributed by atoms with Crippen molar-refractivity contribution in [3.05, 3.63) is 22.7 Å². The molecule has 100 valence electrons. The molecular formula is C13H19BrN2O2. The number of nitrogens with one attached hydrogen (secondary N) is 1. The van der Waals surface area contributed by atoms with Crippen molar-refractivity contribution in [2.24, 2.45) is 5.92 Å². The van der Waals surface area contributed by atoms with Gasteiger partial charge in [0.25, 0.3) is 5.91 Å². The number of carbonyl (C=O) groups excluding carboxylic acids is 1. The van der Waals surface area contributed by atoms with Crippen LogP contribution in [-0.4, -0.2) is 18.6 Å². The topological polar surface area (TPSA) is 64.3 Å². The highest BCUT2D eigenvalue weighted by molar-refractivity contribution is 9.10. The number of anilines is 1. The summed E-state index contributed by atoms with van der Waals surface area (Å²) in [4.78, 5) is 11.6. The van der Waals surface area contributed by atoms with Crippen LogP contribution < -0.4 is 15.8 Å². The molecule has 0 aromatic heterocycles. The molecule has 1 rings (SSSR count). The molecule has 0 saturated carbocycles. The van der Waals surface area contributed by atoms with Crippen molar-refractivity contribution in [1.29, 1.82) is 0 Å². The Kier molecular flexibility index (Phi) is 5.47. The van der Waals surface area contributed by atoms with E-state index in [2.05, 4.69) is 35.1 Å². The Bertz CT molecular complexity index is 421. The van der Waals surface area contributed by atoms with Gasteiger partial charge in [-0.3, -0.25) is 4.79 Å². The van der Waals surface area contributed by atoms with Crippen LogP contribution in [0, 0.1) is 5.92 Å². The first kappa shape index (κ1) is 14.8. The third-order valence-corrected chi connectivity index (χ3v) is 3.59. The van der Waals surface area contributed by atoms with Gasteiger partial charge in [-0.05, 0) is 40.9 Å². The van der Waals surface area contributed by atoms with E-state index in [1.165, 1.54) is 0 Å². The van der Waals surface area contributed by atoms with Crippen molar-refractivity contribution in [2.75, 3.05) is 12.3 Å². The Morgan fingerprint density at radius 3 is 2.72 bits per heavy atom. The van der Waals surface area contributed by atoms with Gasteiger partial charge in [-0.15, -0.1) is 0 Å². The van der Waals surface area contributed by atoms with Gasteiger partial charge in [-0.2, -0.15) is 0 Å². The summed E-state index contributed by atoms with van der Waals surface area (Å²) in [7, 11) is 0. The van der Waals surface area contributed by atoms with Crippen LogP contribution in [0.25, 0.3) is 0 Å². The maximum absolute atomic E-state index is 11.6. The number of nitrogen functional groups attached to an aromatic ring is 1. The molecule has 3 N–H and O–H groups in total. The quantitative estimate of drug-likeness (QED) is 0.821. The molecular weight excluding hydrogens is 296 g/mol. The van der Waals surface area contributed by atoms with Gasteiger partial charge in [0.05, 0.1) is 4.47 Å². The lowest BCUT2D eigenvalue weighted by Crippen LogP contribution is -2.38. The van der Waals surface area contributed by atoms with E-state index in [1.54, 1.807) is 18.2 Å². The SMILES string of the molecule is CC(C)C(C)NC(=O)COc1cccc(N)c1Br. The van der Waals surface area contributed by atoms with E-state index in [0.717, 1.165) is 0 Å². The minimum absolute atomic E-state index is 0.0148. The van der Waals surface area contributed by atoms with E-state index in [0.29, 0.717) is 21.8 Å². The molecule has 0 saturated heterocycles. The predicted molar refractivity (Wildman–Crippen MR) is 76.5 cm³/mol. The zero-order chi connectivity index (χ0) is 13.7. The summed E-state index contributed by atoms with van der Waals surface area (Å²) in [6.45, 7) is 6.07. The van der Waals surface area contributed by atoms with Gasteiger partial charge in [0, 0.05) is 11.7 Å². The molecule has 5 heteroatoms. The maximum Gasteiger partial charge on any atom is 0.258 e. The molecule has 0 fully saturated rings. The molecule has 1 atom stereocenters. The Balaban J connectivity index is 2.50. The molecule has 0 aliphatic rings. The Morgan fingerprint density at radius 2 is 2.11 bits per heavy atom. The Labute approximate surface area is 116 Å². The molecule has 1 aromatic rings. The second-order valence-electron chi connectivity index (χ2n) is 4.55. The molecule has 1 amide bonds. The van der Waals surface area contributed by atoms with Crippen LogP contribution in [0.4, 0.5) is 5.69 Å². The largest absolute Gasteiger partial charge is 0.483 e. The van der Waals surface area contributed by atoms with Gasteiger partial charge in [0.2, 0.25) is 0 Å². The fraction of sp³-hybridized carbons (Fsp3) is 0.462. The Morgan fingerprint density at radius 1 is 1.44 bits per heavy atom. The molecule has 1 unspecified atom stereocenters. The van der Waals surface area contributed by atoms with Crippen LogP contribution in [0.3, 0.4) is 0 Å². The average molecular weight is 315 g/mol. The summed E-state index contributed by atoms with van der Waals surface area (Å²) in [5.41, 5.74) is 6.31. The fourth-order valence-corrected chi connectivity index (χ4v) is 1.62. The van der Waals surface area contributed by atoms with E-state index in [4.69, 9.17) is 10.5 Å². The van der Waals surface area contributed by atoms with Crippen molar-refractivity contribution in [3.63, 3.8) is 0 Å². The highest BCUT2D eigenvalue weighted by atomic mass is 79.9. The van der Waals surface area contributed by atoms with E-state index in [9.17, 15) is 4.79 Å². The first-order valence-electron chi connectivity index (χ1n) is 5.88. The summed E-state index contributed by atoms with van der Waals surface area (Å²) < 4.78 is 6.10. The smallest absolute Gasteiger partial charge is 0.258 e. The van der Waals surface area contributed by atoms with Crippen LogP contribution in [0.2, 0.25) is 0 Å². The molecule has 0 spiro atoms. The fourth-order valence-electron chi connectivity index (χ4n) is 1.24. The number of carbonyl (C=O) groups is 1. The van der Waals surface area contributed by atoms with Crippen molar-refractivity contribution in [2.45, 2.75) is 26.8 Å². The number of benzene rings is 1. The highest BCUT2D eigenvalue weighted by Crippen LogP contribution is 2.30. The zero-order valence-electron chi connectivity index (χ0n) is 10.9. The van der Waals surface area contributed by atoms with Crippen molar-refractivity contribution in [1.82, 2.24) is 5.32 Å². The van der Waals surface area contributed by atoms with Gasteiger partial charge >= 0.3 is 0 Å². The predicted octanol–water partition coefficient (Wildman–Crippen LogP) is 2.57. The molecule has 0 aliphatic carbocycles. The number of halogens is 1. The number of nitrogens with two attached hydrogens (primary N) is 1. The monoisotopic (exact) mass is 314 g/mol. The van der Waals surface area contributed by atoms with Crippen LogP contribution in [0.15, 0.2) is 22.7 Å². The van der Waals surface area contributed by atoms with E-state index in [1.807, 2.05) is 6.92 Å². The number of rotatable bonds is 5. The van der Waals surface area contributed by atoms with E-state index >= 15 is 0 Å². The molecule has 0 heterocycles. The van der Waals surface area contributed by atoms with Crippen LogP contribution in [0.1, 0.15) is 20.8 Å². The van der Waals surface area contributed by atoms with Crippen LogP contribution >= 0.6 is 15.9 Å². The van der Waals surface area contributed by atoms with Crippen molar-refractivity contribution < 1.29 is 9.53 Å². The minimum atomic E-state index is -0.134. The zero-order valence-corrected chi connectivity index (χ0v) is 12.5. The Hall–Kier alpha value is -1.23. The standard InChI is InChI=1S/C13H19BrN2O2/c1-8(2)9(3)16-12(17)7-18-11-6-4-5-10(15)13(11)14/h4-6,8-9H,7,15H2,1-3H3,(H,16,17). The normalized spacial score (nSPS) is 12.3. The summed E-state index contributed by atoms with van der Waals surface area (Å²) in [5, 5.41) is 2.87. The second-order valence-corrected chi connectivity index (χ2v) is 5.34. The van der Waals surface area contributed by atoms with E-state index < -0.39 is 0 Å². The molecule has 0 aliphatic heterocycles. The van der Waals surface area contributed by atoms with Gasteiger partial charge in [-0.1, -0.05) is 19.9 Å². The molecule has 0 radical (unpaired) electrons. The summed E-state index contributed by atoms with van der Waals surface area (Å²) in [6.07, 6.45) is 0. The third kappa shape index (κ3) is 4.22. The first-order chi connectivity index (χ1) is 8.41. The molecule has 18 heavy (non-hydrogen) atoms. The number of amides is 1. The lowest BCUT2D eigenvalue weighted by Gasteiger charge is -2.17. The number of hydrogen-bond donors (Lipinski definition) is 2. The maximum atomic E-state index is 11.6. The number of hydrogen-bond acceptors (Lipinski definition) is 3. The lowest BCUT2D eigenvalue weighted by molar-refractivity contribution is -0.124. The molecule has 1 aromatic carbocycles. The van der Waals surface area contributed by atoms with Gasteiger partial charge in [-0.25, -0.2) is 0 Å². The summed E-state index contributed by atoms with van der Waals surface area (Å²) >= 11 is 3.32. The highest BCUT2D eigenvalue weighted by Gasteiger charge is 2.12. The van der Waals surface area contributed by atoms with Crippen molar-refractivity contribution >= 4 is 27.5 Å². The second kappa shape index (κ2) is 6.64. The van der Waals surface area contributed by atoms with Gasteiger partial charge in [0.1, 0.15) is 5.75 Å². The van der Waals surface area contributed by atoms with E-state index in [-0.39, 0.29) is 18.6 Å². The van der Waals surface area contributed by atoms with Crippen LogP contribution in [-0.2, 0) is 4.79 Å². The number of ether oxygens (including phenoxy) is 1. The lowest BCUT2D eigenvalue weighted by atomic mass is 10.1.